The zero-order valence-corrected chi connectivity index (χ0v) is 17.3. The van der Waals surface area contributed by atoms with Crippen molar-refractivity contribution in [2.75, 3.05) is 11.9 Å². The lowest BCUT2D eigenvalue weighted by Gasteiger charge is -2.14. The summed E-state index contributed by atoms with van der Waals surface area (Å²) in [5.41, 5.74) is 2.16. The number of hydrogen-bond donors (Lipinski definition) is 2. The zero-order valence-electron chi connectivity index (χ0n) is 16.4. The first-order valence-electron chi connectivity index (χ1n) is 8.68. The van der Waals surface area contributed by atoms with E-state index >= 15 is 0 Å². The summed E-state index contributed by atoms with van der Waals surface area (Å²) in [6.07, 6.45) is -1.04. The lowest BCUT2D eigenvalue weighted by Crippen LogP contribution is -2.30. The number of nitrogens with zero attached hydrogens (tertiary/aromatic N) is 2. The molecule has 0 aliphatic rings. The summed E-state index contributed by atoms with van der Waals surface area (Å²) in [7, 11) is -1.84. The average molecular weight is 408 g/mol. The molecule has 28 heavy (non-hydrogen) atoms. The first-order chi connectivity index (χ1) is 13.1. The topological polar surface area (TPSA) is 119 Å². The van der Waals surface area contributed by atoms with E-state index in [-0.39, 0.29) is 17.0 Å². The Kier molecular flexibility index (Phi) is 6.57. The smallest absolute Gasteiger partial charge is 0.338 e. The molecule has 0 aliphatic carbocycles. The van der Waals surface area contributed by atoms with E-state index in [1.54, 1.807) is 25.6 Å². The van der Waals surface area contributed by atoms with Crippen LogP contribution >= 0.6 is 0 Å². The highest BCUT2D eigenvalue weighted by Crippen LogP contribution is 2.19. The number of carbonyl (C=O) groups excluding carboxylic acids is 2. The van der Waals surface area contributed by atoms with Crippen LogP contribution in [-0.4, -0.2) is 42.7 Å². The van der Waals surface area contributed by atoms with E-state index in [1.165, 1.54) is 31.2 Å². The monoisotopic (exact) mass is 408 g/mol. The van der Waals surface area contributed by atoms with Crippen LogP contribution in [0.15, 0.2) is 29.2 Å². The molecule has 1 amide bonds. The second kappa shape index (κ2) is 8.53. The van der Waals surface area contributed by atoms with Crippen molar-refractivity contribution in [2.45, 2.75) is 38.7 Å². The summed E-state index contributed by atoms with van der Waals surface area (Å²) in [5, 5.41) is 6.92. The van der Waals surface area contributed by atoms with Gasteiger partial charge in [0.1, 0.15) is 0 Å². The molecule has 1 heterocycles. The highest BCUT2D eigenvalue weighted by molar-refractivity contribution is 7.89. The van der Waals surface area contributed by atoms with Gasteiger partial charge in [-0.3, -0.25) is 9.48 Å². The fourth-order valence-electron chi connectivity index (χ4n) is 2.50. The van der Waals surface area contributed by atoms with Crippen molar-refractivity contribution in [1.82, 2.24) is 14.5 Å². The van der Waals surface area contributed by atoms with Gasteiger partial charge in [-0.2, -0.15) is 5.10 Å². The standard InChI is InChI=1S/C18H24N4O5S/c1-6-19-28(25,26)15-9-7-14(8-10-15)18(24)27-13(4)17(23)20-16-11(2)21-22(5)12(16)3/h7-10,13,19H,6H2,1-5H3,(H,20,23)/t13-/m1/s1. The molecule has 0 saturated carbocycles. The van der Waals surface area contributed by atoms with Gasteiger partial charge in [0, 0.05) is 13.6 Å². The van der Waals surface area contributed by atoms with Crippen LogP contribution in [0.25, 0.3) is 0 Å². The number of aryl methyl sites for hydroxylation is 2. The van der Waals surface area contributed by atoms with Crippen LogP contribution in [0.5, 0.6) is 0 Å². The molecule has 0 spiro atoms. The van der Waals surface area contributed by atoms with Gasteiger partial charge < -0.3 is 10.1 Å². The molecule has 2 rings (SSSR count). The molecule has 0 aliphatic heterocycles. The van der Waals surface area contributed by atoms with Gasteiger partial charge in [-0.25, -0.2) is 17.9 Å². The van der Waals surface area contributed by atoms with E-state index in [0.29, 0.717) is 11.4 Å². The molecule has 0 bridgehead atoms. The van der Waals surface area contributed by atoms with Gasteiger partial charge >= 0.3 is 5.97 Å². The number of esters is 1. The van der Waals surface area contributed by atoms with Crippen LogP contribution in [0.4, 0.5) is 5.69 Å². The maximum Gasteiger partial charge on any atom is 0.338 e. The van der Waals surface area contributed by atoms with E-state index in [2.05, 4.69) is 15.1 Å². The van der Waals surface area contributed by atoms with Gasteiger partial charge in [-0.15, -0.1) is 0 Å². The van der Waals surface area contributed by atoms with Crippen LogP contribution in [-0.2, 0) is 26.6 Å². The molecule has 152 valence electrons. The van der Waals surface area contributed by atoms with Gasteiger partial charge in [-0.05, 0) is 45.0 Å². The number of rotatable bonds is 7. The number of carbonyl (C=O) groups is 2. The molecule has 0 unspecified atom stereocenters. The maximum atomic E-state index is 12.3. The molecule has 9 nitrogen and oxygen atoms in total. The first-order valence-corrected chi connectivity index (χ1v) is 10.2. The molecule has 2 aromatic rings. The highest BCUT2D eigenvalue weighted by atomic mass is 32.2. The third-order valence-electron chi connectivity index (χ3n) is 4.14. The number of amides is 1. The summed E-state index contributed by atoms with van der Waals surface area (Å²) in [5.74, 6) is -1.21. The third kappa shape index (κ3) is 4.76. The van der Waals surface area contributed by atoms with E-state index in [0.717, 1.165) is 5.69 Å². The van der Waals surface area contributed by atoms with Gasteiger partial charge in [0.25, 0.3) is 5.91 Å². The highest BCUT2D eigenvalue weighted by Gasteiger charge is 2.22. The Morgan fingerprint density at radius 1 is 1.21 bits per heavy atom. The Bertz CT molecular complexity index is 980. The lowest BCUT2D eigenvalue weighted by atomic mass is 10.2. The number of ether oxygens (including phenoxy) is 1. The molecular formula is C18H24N4O5S. The van der Waals surface area contributed by atoms with E-state index in [9.17, 15) is 18.0 Å². The number of sulfonamides is 1. The molecule has 1 aromatic heterocycles. The minimum Gasteiger partial charge on any atom is -0.449 e. The van der Waals surface area contributed by atoms with Gasteiger partial charge in [0.2, 0.25) is 10.0 Å². The number of nitrogens with one attached hydrogen (secondary N) is 2. The van der Waals surface area contributed by atoms with Crippen molar-refractivity contribution in [2.24, 2.45) is 7.05 Å². The largest absolute Gasteiger partial charge is 0.449 e. The summed E-state index contributed by atoms with van der Waals surface area (Å²) in [4.78, 5) is 24.6. The van der Waals surface area contributed by atoms with E-state index in [1.807, 2.05) is 6.92 Å². The van der Waals surface area contributed by atoms with Gasteiger partial charge in [0.05, 0.1) is 27.5 Å². The number of benzene rings is 1. The molecule has 0 fully saturated rings. The predicted octanol–water partition coefficient (Wildman–Crippen LogP) is 1.52. The van der Waals surface area contributed by atoms with Crippen LogP contribution in [0, 0.1) is 13.8 Å². The second-order valence-corrected chi connectivity index (χ2v) is 8.00. The number of hydrogen-bond acceptors (Lipinski definition) is 6. The first kappa shape index (κ1) is 21.6. The molecular weight excluding hydrogens is 384 g/mol. The molecule has 10 heteroatoms. The van der Waals surface area contributed by atoms with Gasteiger partial charge in [0.15, 0.2) is 6.10 Å². The number of aromatic nitrogens is 2. The second-order valence-electron chi connectivity index (χ2n) is 6.23. The minimum absolute atomic E-state index is 0.0409. The fourth-order valence-corrected chi connectivity index (χ4v) is 3.55. The van der Waals surface area contributed by atoms with Gasteiger partial charge in [-0.1, -0.05) is 6.92 Å². The van der Waals surface area contributed by atoms with Crippen LogP contribution in [0.1, 0.15) is 35.6 Å². The normalized spacial score (nSPS) is 12.5. The molecule has 2 N–H and O–H groups in total. The Balaban J connectivity index is 2.04. The fraction of sp³-hybridized carbons (Fsp3) is 0.389. The van der Waals surface area contributed by atoms with E-state index in [4.69, 9.17) is 4.74 Å². The summed E-state index contributed by atoms with van der Waals surface area (Å²) in [6.45, 7) is 6.97. The Labute approximate surface area is 164 Å². The van der Waals surface area contributed by atoms with E-state index < -0.39 is 28.0 Å². The quantitative estimate of drug-likeness (QED) is 0.671. The molecule has 0 saturated heterocycles. The minimum atomic E-state index is -3.60. The maximum absolute atomic E-state index is 12.3. The van der Waals surface area contributed by atoms with Crippen LogP contribution in [0.2, 0.25) is 0 Å². The van der Waals surface area contributed by atoms with Crippen LogP contribution < -0.4 is 10.0 Å². The molecule has 0 radical (unpaired) electrons. The average Bonchev–Trinajstić information content (AvgIpc) is 2.87. The predicted molar refractivity (Wildman–Crippen MR) is 103 cm³/mol. The third-order valence-corrected chi connectivity index (χ3v) is 5.71. The Hall–Kier alpha value is -2.72. The summed E-state index contributed by atoms with van der Waals surface area (Å²) >= 11 is 0. The Morgan fingerprint density at radius 3 is 2.32 bits per heavy atom. The number of anilines is 1. The molecule has 1 atom stereocenters. The van der Waals surface area contributed by atoms with Crippen molar-refractivity contribution < 1.29 is 22.7 Å². The molecule has 1 aromatic carbocycles. The van der Waals surface area contributed by atoms with Crippen molar-refractivity contribution in [3.05, 3.63) is 41.2 Å². The Morgan fingerprint density at radius 2 is 1.82 bits per heavy atom. The SMILES string of the molecule is CCNS(=O)(=O)c1ccc(C(=O)O[C@H](C)C(=O)Nc2c(C)nn(C)c2C)cc1. The zero-order chi connectivity index (χ0) is 21.1. The van der Waals surface area contributed by atoms with Crippen molar-refractivity contribution in [3.63, 3.8) is 0 Å². The lowest BCUT2D eigenvalue weighted by molar-refractivity contribution is -0.123. The van der Waals surface area contributed by atoms with Crippen LogP contribution in [0.3, 0.4) is 0 Å². The van der Waals surface area contributed by atoms with Crippen molar-refractivity contribution in [1.29, 1.82) is 0 Å². The summed E-state index contributed by atoms with van der Waals surface area (Å²) < 4.78 is 33.0. The van der Waals surface area contributed by atoms with Crippen molar-refractivity contribution >= 4 is 27.6 Å². The summed E-state index contributed by atoms with van der Waals surface area (Å²) in [6, 6.07) is 5.29. The van der Waals surface area contributed by atoms with Crippen molar-refractivity contribution in [3.8, 4) is 0 Å².